The van der Waals surface area contributed by atoms with E-state index in [-0.39, 0.29) is 24.1 Å². The molecular formula is C21H18F2N6O2. The second-order valence-corrected chi connectivity index (χ2v) is 6.73. The highest BCUT2D eigenvalue weighted by Gasteiger charge is 2.13. The summed E-state index contributed by atoms with van der Waals surface area (Å²) in [7, 11) is 0. The lowest BCUT2D eigenvalue weighted by atomic mass is 10.1. The first-order valence-electron chi connectivity index (χ1n) is 9.34. The molecule has 4 aromatic rings. The predicted molar refractivity (Wildman–Crippen MR) is 107 cm³/mol. The van der Waals surface area contributed by atoms with Gasteiger partial charge in [-0.05, 0) is 36.2 Å². The van der Waals surface area contributed by atoms with Crippen LogP contribution >= 0.6 is 0 Å². The van der Waals surface area contributed by atoms with Crippen LogP contribution in [-0.2, 0) is 13.3 Å². The molecule has 1 N–H and O–H groups in total. The summed E-state index contributed by atoms with van der Waals surface area (Å²) in [5.74, 6) is -1.99. The second kappa shape index (κ2) is 8.74. The van der Waals surface area contributed by atoms with Crippen molar-refractivity contribution in [1.29, 1.82) is 0 Å². The monoisotopic (exact) mass is 424 g/mol. The number of amides is 1. The summed E-state index contributed by atoms with van der Waals surface area (Å²) in [5, 5.41) is 10.9. The minimum Gasteiger partial charge on any atom is -0.468 e. The van der Waals surface area contributed by atoms with Gasteiger partial charge >= 0.3 is 0 Å². The standard InChI is InChI=1S/C21H18F2N6O2/c1-14-4-2-3-5-15(14)11-29-12-24-21(27-29)25-20(30)18-8-9-28(26-18)13-31-19-7-6-16(22)10-17(19)23/h2-10,12H,11,13H2,1H3,(H,25,27,30). The van der Waals surface area contributed by atoms with Crippen molar-refractivity contribution in [3.8, 4) is 5.75 Å². The van der Waals surface area contributed by atoms with Crippen LogP contribution < -0.4 is 10.1 Å². The highest BCUT2D eigenvalue weighted by Crippen LogP contribution is 2.18. The van der Waals surface area contributed by atoms with Crippen LogP contribution in [-0.4, -0.2) is 30.5 Å². The molecule has 0 aliphatic heterocycles. The van der Waals surface area contributed by atoms with E-state index in [0.29, 0.717) is 6.54 Å². The molecule has 0 bridgehead atoms. The normalized spacial score (nSPS) is 10.8. The Kier molecular flexibility index (Phi) is 5.69. The molecule has 10 heteroatoms. The average Bonchev–Trinajstić information content (AvgIpc) is 3.39. The second-order valence-electron chi connectivity index (χ2n) is 6.73. The van der Waals surface area contributed by atoms with Crippen molar-refractivity contribution in [2.75, 3.05) is 5.32 Å². The van der Waals surface area contributed by atoms with E-state index in [1.54, 1.807) is 4.68 Å². The number of nitrogens with one attached hydrogen (secondary N) is 1. The minimum atomic E-state index is -0.822. The van der Waals surface area contributed by atoms with Gasteiger partial charge in [-0.1, -0.05) is 24.3 Å². The van der Waals surface area contributed by atoms with E-state index >= 15 is 0 Å². The van der Waals surface area contributed by atoms with E-state index < -0.39 is 17.5 Å². The van der Waals surface area contributed by atoms with Crippen LogP contribution in [0.15, 0.2) is 61.1 Å². The van der Waals surface area contributed by atoms with Crippen molar-refractivity contribution in [2.45, 2.75) is 20.2 Å². The van der Waals surface area contributed by atoms with Crippen LogP contribution in [0.1, 0.15) is 21.6 Å². The predicted octanol–water partition coefficient (Wildman–Crippen LogP) is 3.40. The van der Waals surface area contributed by atoms with Gasteiger partial charge in [0.05, 0.1) is 6.54 Å². The van der Waals surface area contributed by atoms with Gasteiger partial charge in [-0.2, -0.15) is 5.10 Å². The first kappa shape index (κ1) is 20.2. The molecule has 0 saturated carbocycles. The molecule has 4 rings (SSSR count). The Morgan fingerprint density at radius 3 is 2.74 bits per heavy atom. The number of hydrogen-bond donors (Lipinski definition) is 1. The third-order valence-corrected chi connectivity index (χ3v) is 4.47. The van der Waals surface area contributed by atoms with Gasteiger partial charge in [-0.15, -0.1) is 5.10 Å². The van der Waals surface area contributed by atoms with Crippen molar-refractivity contribution in [3.05, 3.63) is 89.5 Å². The first-order chi connectivity index (χ1) is 15.0. The first-order valence-corrected chi connectivity index (χ1v) is 9.34. The maximum Gasteiger partial charge on any atom is 0.278 e. The molecule has 8 nitrogen and oxygen atoms in total. The van der Waals surface area contributed by atoms with Gasteiger partial charge in [0.1, 0.15) is 12.1 Å². The largest absolute Gasteiger partial charge is 0.468 e. The molecular weight excluding hydrogens is 406 g/mol. The summed E-state index contributed by atoms with van der Waals surface area (Å²) < 4.78 is 34.7. The van der Waals surface area contributed by atoms with Gasteiger partial charge in [0.2, 0.25) is 5.95 Å². The summed E-state index contributed by atoms with van der Waals surface area (Å²) in [6.45, 7) is 2.39. The fraction of sp³-hybridized carbons (Fsp3) is 0.143. The Morgan fingerprint density at radius 1 is 1.10 bits per heavy atom. The number of carbonyl (C=O) groups is 1. The number of aryl methyl sites for hydroxylation is 1. The summed E-state index contributed by atoms with van der Waals surface area (Å²) in [6, 6.07) is 12.4. The van der Waals surface area contributed by atoms with Crippen LogP contribution in [0.25, 0.3) is 0 Å². The molecule has 0 saturated heterocycles. The highest BCUT2D eigenvalue weighted by molar-refractivity contribution is 6.01. The number of halogens is 2. The van der Waals surface area contributed by atoms with Crippen molar-refractivity contribution < 1.29 is 18.3 Å². The Bertz CT molecular complexity index is 1220. The molecule has 0 atom stereocenters. The van der Waals surface area contributed by atoms with Gasteiger partial charge in [-0.3, -0.25) is 10.1 Å². The van der Waals surface area contributed by atoms with Crippen LogP contribution in [0.5, 0.6) is 5.75 Å². The molecule has 0 aliphatic rings. The fourth-order valence-electron chi connectivity index (χ4n) is 2.84. The van der Waals surface area contributed by atoms with Crippen LogP contribution in [0, 0.1) is 18.6 Å². The fourth-order valence-corrected chi connectivity index (χ4v) is 2.84. The number of hydrogen-bond acceptors (Lipinski definition) is 5. The van der Waals surface area contributed by atoms with Crippen LogP contribution in [0.4, 0.5) is 14.7 Å². The van der Waals surface area contributed by atoms with E-state index in [9.17, 15) is 13.6 Å². The molecule has 0 spiro atoms. The number of aromatic nitrogens is 5. The van der Waals surface area contributed by atoms with Gasteiger partial charge in [0, 0.05) is 12.3 Å². The van der Waals surface area contributed by atoms with E-state index in [1.807, 2.05) is 31.2 Å². The van der Waals surface area contributed by atoms with E-state index in [0.717, 1.165) is 23.3 Å². The van der Waals surface area contributed by atoms with Gasteiger partial charge in [0.25, 0.3) is 5.91 Å². The van der Waals surface area contributed by atoms with Crippen molar-refractivity contribution in [3.63, 3.8) is 0 Å². The molecule has 0 radical (unpaired) electrons. The summed E-state index contributed by atoms with van der Waals surface area (Å²) in [5.41, 5.74) is 2.34. The maximum absolute atomic E-state index is 13.6. The number of rotatable bonds is 7. The number of carbonyl (C=O) groups excluding carboxylic acids is 1. The number of benzene rings is 2. The molecule has 2 aromatic carbocycles. The smallest absolute Gasteiger partial charge is 0.278 e. The lowest BCUT2D eigenvalue weighted by molar-refractivity contribution is 0.101. The molecule has 1 amide bonds. The Morgan fingerprint density at radius 2 is 1.94 bits per heavy atom. The third kappa shape index (κ3) is 4.92. The summed E-state index contributed by atoms with van der Waals surface area (Å²) in [6.07, 6.45) is 3.03. The number of anilines is 1. The summed E-state index contributed by atoms with van der Waals surface area (Å²) >= 11 is 0. The maximum atomic E-state index is 13.6. The zero-order chi connectivity index (χ0) is 21.8. The molecule has 0 aliphatic carbocycles. The Hall–Kier alpha value is -4.08. The molecule has 31 heavy (non-hydrogen) atoms. The zero-order valence-electron chi connectivity index (χ0n) is 16.5. The Balaban J connectivity index is 1.35. The highest BCUT2D eigenvalue weighted by atomic mass is 19.1. The average molecular weight is 424 g/mol. The molecule has 0 unspecified atom stereocenters. The Labute approximate surface area is 176 Å². The molecule has 0 fully saturated rings. The van der Waals surface area contributed by atoms with Gasteiger partial charge < -0.3 is 4.74 Å². The summed E-state index contributed by atoms with van der Waals surface area (Å²) in [4.78, 5) is 16.5. The molecule has 2 heterocycles. The lowest BCUT2D eigenvalue weighted by Crippen LogP contribution is -2.15. The van der Waals surface area contributed by atoms with E-state index in [2.05, 4.69) is 20.5 Å². The van der Waals surface area contributed by atoms with Crippen molar-refractivity contribution in [1.82, 2.24) is 24.5 Å². The number of ether oxygens (including phenoxy) is 1. The quantitative estimate of drug-likeness (QED) is 0.491. The molecule has 158 valence electrons. The third-order valence-electron chi connectivity index (χ3n) is 4.47. The zero-order valence-corrected chi connectivity index (χ0v) is 16.5. The van der Waals surface area contributed by atoms with Crippen LogP contribution in [0.2, 0.25) is 0 Å². The van der Waals surface area contributed by atoms with Gasteiger partial charge in [0.15, 0.2) is 24.0 Å². The van der Waals surface area contributed by atoms with Crippen molar-refractivity contribution >= 4 is 11.9 Å². The molecule has 2 aromatic heterocycles. The van der Waals surface area contributed by atoms with Crippen molar-refractivity contribution in [2.24, 2.45) is 0 Å². The minimum absolute atomic E-state index is 0.110. The topological polar surface area (TPSA) is 86.9 Å². The van der Waals surface area contributed by atoms with E-state index in [1.165, 1.54) is 29.3 Å². The SMILES string of the molecule is Cc1ccccc1Cn1cnc(NC(=O)c2ccn(COc3ccc(F)cc3F)n2)n1. The van der Waals surface area contributed by atoms with Crippen LogP contribution in [0.3, 0.4) is 0 Å². The lowest BCUT2D eigenvalue weighted by Gasteiger charge is -2.07. The number of nitrogens with zero attached hydrogens (tertiary/aromatic N) is 5. The van der Waals surface area contributed by atoms with E-state index in [4.69, 9.17) is 4.74 Å². The van der Waals surface area contributed by atoms with Gasteiger partial charge in [-0.25, -0.2) is 23.1 Å².